The first-order chi connectivity index (χ1) is 8.09. The number of hydrogen-bond acceptors (Lipinski definition) is 2. The van der Waals surface area contributed by atoms with Gasteiger partial charge in [-0.3, -0.25) is 0 Å². The van der Waals surface area contributed by atoms with Gasteiger partial charge < -0.3 is 10.0 Å². The van der Waals surface area contributed by atoms with Crippen LogP contribution >= 0.6 is 0 Å². The van der Waals surface area contributed by atoms with Crippen molar-refractivity contribution >= 4 is 0 Å². The Morgan fingerprint density at radius 2 is 1.76 bits per heavy atom. The smallest absolute Gasteiger partial charge is 0.0648 e. The van der Waals surface area contributed by atoms with Gasteiger partial charge in [0.15, 0.2) is 0 Å². The van der Waals surface area contributed by atoms with Gasteiger partial charge in [0.1, 0.15) is 0 Å². The SMILES string of the molecule is CC(C)N1CCC(CCC2(O)CCCC2)CC1. The van der Waals surface area contributed by atoms with Gasteiger partial charge in [-0.2, -0.15) is 0 Å². The maximum absolute atomic E-state index is 10.4. The predicted molar refractivity (Wildman–Crippen MR) is 72.1 cm³/mol. The Labute approximate surface area is 106 Å². The third-order valence-corrected chi connectivity index (χ3v) is 4.93. The molecule has 100 valence electrons. The normalized spacial score (nSPS) is 26.8. The van der Waals surface area contributed by atoms with Crippen LogP contribution in [0, 0.1) is 5.92 Å². The van der Waals surface area contributed by atoms with Gasteiger partial charge >= 0.3 is 0 Å². The molecule has 17 heavy (non-hydrogen) atoms. The van der Waals surface area contributed by atoms with Crippen molar-refractivity contribution in [2.45, 2.75) is 76.9 Å². The van der Waals surface area contributed by atoms with E-state index in [4.69, 9.17) is 0 Å². The van der Waals surface area contributed by atoms with Crippen LogP contribution in [0.15, 0.2) is 0 Å². The lowest BCUT2D eigenvalue weighted by atomic mass is 9.86. The molecule has 1 aliphatic carbocycles. The summed E-state index contributed by atoms with van der Waals surface area (Å²) in [7, 11) is 0. The quantitative estimate of drug-likeness (QED) is 0.814. The van der Waals surface area contributed by atoms with E-state index in [1.807, 2.05) is 0 Å². The monoisotopic (exact) mass is 239 g/mol. The minimum atomic E-state index is -0.283. The van der Waals surface area contributed by atoms with E-state index in [1.165, 1.54) is 45.2 Å². The molecule has 2 nitrogen and oxygen atoms in total. The highest BCUT2D eigenvalue weighted by atomic mass is 16.3. The van der Waals surface area contributed by atoms with Crippen LogP contribution in [0.25, 0.3) is 0 Å². The maximum atomic E-state index is 10.4. The summed E-state index contributed by atoms with van der Waals surface area (Å²) in [5, 5.41) is 10.4. The van der Waals surface area contributed by atoms with E-state index in [1.54, 1.807) is 0 Å². The van der Waals surface area contributed by atoms with Gasteiger partial charge in [-0.05, 0) is 71.4 Å². The van der Waals surface area contributed by atoms with Crippen LogP contribution in [0.2, 0.25) is 0 Å². The number of hydrogen-bond donors (Lipinski definition) is 1. The number of nitrogens with zero attached hydrogens (tertiary/aromatic N) is 1. The van der Waals surface area contributed by atoms with Crippen LogP contribution < -0.4 is 0 Å². The second kappa shape index (κ2) is 5.71. The largest absolute Gasteiger partial charge is 0.390 e. The van der Waals surface area contributed by atoms with Crippen LogP contribution in [0.1, 0.15) is 65.2 Å². The fourth-order valence-corrected chi connectivity index (χ4v) is 3.51. The molecule has 1 heterocycles. The van der Waals surface area contributed by atoms with Gasteiger partial charge in [-0.15, -0.1) is 0 Å². The lowest BCUT2D eigenvalue weighted by Gasteiger charge is -2.35. The Bertz CT molecular complexity index is 225. The number of piperidine rings is 1. The average molecular weight is 239 g/mol. The van der Waals surface area contributed by atoms with Crippen molar-refractivity contribution in [2.75, 3.05) is 13.1 Å². The van der Waals surface area contributed by atoms with E-state index >= 15 is 0 Å². The predicted octanol–water partition coefficient (Wildman–Crippen LogP) is 3.19. The second-order valence-corrected chi connectivity index (χ2v) is 6.54. The Kier molecular flexibility index (Phi) is 4.48. The van der Waals surface area contributed by atoms with Crippen LogP contribution in [0.3, 0.4) is 0 Å². The Balaban J connectivity index is 1.68. The van der Waals surface area contributed by atoms with Crippen LogP contribution in [-0.2, 0) is 0 Å². The standard InChI is InChI=1S/C15H29NO/c1-13(2)16-11-6-14(7-12-16)5-10-15(17)8-3-4-9-15/h13-14,17H,3-12H2,1-2H3. The van der Waals surface area contributed by atoms with Crippen molar-refractivity contribution in [1.29, 1.82) is 0 Å². The Hall–Kier alpha value is -0.0800. The van der Waals surface area contributed by atoms with E-state index in [0.29, 0.717) is 6.04 Å². The molecule has 2 fully saturated rings. The van der Waals surface area contributed by atoms with E-state index in [0.717, 1.165) is 25.2 Å². The van der Waals surface area contributed by atoms with Gasteiger partial charge in [-0.1, -0.05) is 12.8 Å². The zero-order chi connectivity index (χ0) is 12.3. The van der Waals surface area contributed by atoms with Crippen molar-refractivity contribution in [3.63, 3.8) is 0 Å². The van der Waals surface area contributed by atoms with E-state index in [-0.39, 0.29) is 5.60 Å². The molecule has 2 heteroatoms. The highest BCUT2D eigenvalue weighted by Crippen LogP contribution is 2.35. The van der Waals surface area contributed by atoms with Gasteiger partial charge in [0.2, 0.25) is 0 Å². The van der Waals surface area contributed by atoms with Crippen LogP contribution in [0.5, 0.6) is 0 Å². The number of likely N-dealkylation sites (tertiary alicyclic amines) is 1. The van der Waals surface area contributed by atoms with Crippen molar-refractivity contribution in [1.82, 2.24) is 4.90 Å². The van der Waals surface area contributed by atoms with Crippen LogP contribution in [-0.4, -0.2) is 34.7 Å². The summed E-state index contributed by atoms with van der Waals surface area (Å²) < 4.78 is 0. The van der Waals surface area contributed by atoms with Crippen molar-refractivity contribution in [3.8, 4) is 0 Å². The molecule has 0 atom stereocenters. The van der Waals surface area contributed by atoms with Crippen molar-refractivity contribution in [3.05, 3.63) is 0 Å². The van der Waals surface area contributed by atoms with E-state index in [2.05, 4.69) is 18.7 Å². The first-order valence-corrected chi connectivity index (χ1v) is 7.55. The van der Waals surface area contributed by atoms with Gasteiger partial charge in [-0.25, -0.2) is 0 Å². The summed E-state index contributed by atoms with van der Waals surface area (Å²) >= 11 is 0. The zero-order valence-corrected chi connectivity index (χ0v) is 11.6. The Morgan fingerprint density at radius 1 is 1.18 bits per heavy atom. The summed E-state index contributed by atoms with van der Waals surface area (Å²) in [6, 6.07) is 0.704. The third kappa shape index (κ3) is 3.69. The molecule has 1 saturated heterocycles. The highest BCUT2D eigenvalue weighted by molar-refractivity contribution is 4.85. The Morgan fingerprint density at radius 3 is 2.29 bits per heavy atom. The van der Waals surface area contributed by atoms with Crippen LogP contribution in [0.4, 0.5) is 0 Å². The summed E-state index contributed by atoms with van der Waals surface area (Å²) in [4.78, 5) is 2.58. The molecule has 0 aromatic heterocycles. The lowest BCUT2D eigenvalue weighted by Crippen LogP contribution is -2.38. The molecular formula is C15H29NO. The summed E-state index contributed by atoms with van der Waals surface area (Å²) in [6.07, 6.45) is 9.57. The van der Waals surface area contributed by atoms with E-state index < -0.39 is 0 Å². The summed E-state index contributed by atoms with van der Waals surface area (Å²) in [5.41, 5.74) is -0.283. The molecule has 0 aromatic carbocycles. The topological polar surface area (TPSA) is 23.5 Å². The molecule has 0 radical (unpaired) electrons. The third-order valence-electron chi connectivity index (χ3n) is 4.93. The van der Waals surface area contributed by atoms with Gasteiger partial charge in [0.05, 0.1) is 5.60 Å². The molecule has 2 rings (SSSR count). The average Bonchev–Trinajstić information content (AvgIpc) is 2.75. The zero-order valence-electron chi connectivity index (χ0n) is 11.6. The molecular weight excluding hydrogens is 210 g/mol. The molecule has 0 aromatic rings. The maximum Gasteiger partial charge on any atom is 0.0648 e. The van der Waals surface area contributed by atoms with E-state index in [9.17, 15) is 5.11 Å². The fourth-order valence-electron chi connectivity index (χ4n) is 3.51. The van der Waals surface area contributed by atoms with Crippen molar-refractivity contribution in [2.24, 2.45) is 5.92 Å². The van der Waals surface area contributed by atoms with Gasteiger partial charge in [0.25, 0.3) is 0 Å². The molecule has 0 amide bonds. The number of rotatable bonds is 4. The van der Waals surface area contributed by atoms with Gasteiger partial charge in [0, 0.05) is 6.04 Å². The first-order valence-electron chi connectivity index (χ1n) is 7.55. The molecule has 1 aliphatic heterocycles. The summed E-state index contributed by atoms with van der Waals surface area (Å²) in [5.74, 6) is 0.870. The molecule has 1 saturated carbocycles. The minimum absolute atomic E-state index is 0.283. The van der Waals surface area contributed by atoms with Crippen molar-refractivity contribution < 1.29 is 5.11 Å². The number of aliphatic hydroxyl groups is 1. The first kappa shape index (κ1) is 13.4. The summed E-state index contributed by atoms with van der Waals surface area (Å²) in [6.45, 7) is 7.12. The second-order valence-electron chi connectivity index (χ2n) is 6.54. The minimum Gasteiger partial charge on any atom is -0.390 e. The molecule has 1 N–H and O–H groups in total. The fraction of sp³-hybridized carbons (Fsp3) is 1.00. The highest BCUT2D eigenvalue weighted by Gasteiger charge is 2.32. The molecule has 2 aliphatic rings. The molecule has 0 spiro atoms. The molecule has 0 bridgehead atoms. The lowest BCUT2D eigenvalue weighted by molar-refractivity contribution is 0.0274. The molecule has 0 unspecified atom stereocenters.